The van der Waals surface area contributed by atoms with E-state index < -0.39 is 5.97 Å². The van der Waals surface area contributed by atoms with E-state index in [0.717, 1.165) is 5.57 Å². The average molecular weight is 233 g/mol. The van der Waals surface area contributed by atoms with Crippen molar-refractivity contribution in [2.45, 2.75) is 26.8 Å². The monoisotopic (exact) mass is 233 g/mol. The molecular weight excluding hydrogens is 214 g/mol. The average Bonchev–Trinajstić information content (AvgIpc) is 2.25. The van der Waals surface area contributed by atoms with Crippen molar-refractivity contribution in [3.8, 4) is 0 Å². The second-order valence-electron chi connectivity index (χ2n) is 4.35. The number of hydrogen-bond acceptors (Lipinski definition) is 2. The summed E-state index contributed by atoms with van der Waals surface area (Å²) in [5, 5.41) is 11.9. The Morgan fingerprint density at radius 2 is 2.24 bits per heavy atom. The van der Waals surface area contributed by atoms with Crippen LogP contribution in [0, 0.1) is 6.92 Å². The van der Waals surface area contributed by atoms with Gasteiger partial charge >= 0.3 is 5.97 Å². The standard InChI is InChI=1S/C14H19NO2/c1-10-5-4-6-13(7-10)12(3)15-9-11(2)8-14(16)17/h4-8,12,15H,9H2,1-3H3,(H,16,17)/b11-8+/t12-/m0/s1. The lowest BCUT2D eigenvalue weighted by atomic mass is 10.1. The van der Waals surface area contributed by atoms with E-state index in [1.54, 1.807) is 0 Å². The Hall–Kier alpha value is -1.61. The predicted octanol–water partition coefficient (Wildman–Crippen LogP) is 2.68. The van der Waals surface area contributed by atoms with Crippen LogP contribution in [0.15, 0.2) is 35.9 Å². The van der Waals surface area contributed by atoms with Crippen molar-refractivity contribution in [2.24, 2.45) is 0 Å². The Balaban J connectivity index is 2.56. The number of rotatable bonds is 5. The van der Waals surface area contributed by atoms with Crippen LogP contribution in [0.3, 0.4) is 0 Å². The van der Waals surface area contributed by atoms with Crippen molar-refractivity contribution in [3.63, 3.8) is 0 Å². The lowest BCUT2D eigenvalue weighted by Crippen LogP contribution is -2.21. The molecular formula is C14H19NO2. The lowest BCUT2D eigenvalue weighted by Gasteiger charge is -2.14. The van der Waals surface area contributed by atoms with E-state index >= 15 is 0 Å². The first-order valence-electron chi connectivity index (χ1n) is 5.69. The fourth-order valence-corrected chi connectivity index (χ4v) is 1.63. The van der Waals surface area contributed by atoms with Crippen LogP contribution in [0.4, 0.5) is 0 Å². The molecule has 0 saturated carbocycles. The third kappa shape index (κ3) is 4.83. The van der Waals surface area contributed by atoms with Crippen LogP contribution >= 0.6 is 0 Å². The molecule has 0 radical (unpaired) electrons. The zero-order valence-corrected chi connectivity index (χ0v) is 10.5. The number of hydrogen-bond donors (Lipinski definition) is 2. The topological polar surface area (TPSA) is 49.3 Å². The zero-order chi connectivity index (χ0) is 12.8. The molecule has 0 aliphatic rings. The molecule has 1 rings (SSSR count). The molecule has 1 aromatic carbocycles. The number of benzene rings is 1. The number of aliphatic carboxylic acids is 1. The van der Waals surface area contributed by atoms with Crippen LogP contribution in [0.1, 0.15) is 31.0 Å². The summed E-state index contributed by atoms with van der Waals surface area (Å²) in [5.41, 5.74) is 3.26. The van der Waals surface area contributed by atoms with Gasteiger partial charge in [-0.3, -0.25) is 0 Å². The zero-order valence-electron chi connectivity index (χ0n) is 10.5. The van der Waals surface area contributed by atoms with Crippen LogP contribution in [0.25, 0.3) is 0 Å². The molecule has 0 heterocycles. The van der Waals surface area contributed by atoms with Gasteiger partial charge in [-0.15, -0.1) is 0 Å². The summed E-state index contributed by atoms with van der Waals surface area (Å²) >= 11 is 0. The van der Waals surface area contributed by atoms with Crippen molar-refractivity contribution in [3.05, 3.63) is 47.0 Å². The minimum atomic E-state index is -0.896. The largest absolute Gasteiger partial charge is 0.478 e. The van der Waals surface area contributed by atoms with Crippen molar-refractivity contribution >= 4 is 5.97 Å². The SMILES string of the molecule is C/C(=C\C(=O)O)CN[C@@H](C)c1cccc(C)c1. The fraction of sp³-hybridized carbons (Fsp3) is 0.357. The smallest absolute Gasteiger partial charge is 0.328 e. The second-order valence-corrected chi connectivity index (χ2v) is 4.35. The Morgan fingerprint density at radius 3 is 2.82 bits per heavy atom. The molecule has 0 aromatic heterocycles. The summed E-state index contributed by atoms with van der Waals surface area (Å²) in [6.07, 6.45) is 1.23. The Labute approximate surface area is 102 Å². The normalized spacial score (nSPS) is 13.5. The van der Waals surface area contributed by atoms with Crippen LogP contribution in [-0.4, -0.2) is 17.6 Å². The maximum Gasteiger partial charge on any atom is 0.328 e. The molecule has 0 saturated heterocycles. The molecule has 3 nitrogen and oxygen atoms in total. The van der Waals surface area contributed by atoms with E-state index in [0.29, 0.717) is 6.54 Å². The van der Waals surface area contributed by atoms with E-state index in [1.807, 2.05) is 13.0 Å². The Kier molecular flexibility index (Phi) is 4.91. The molecule has 1 atom stereocenters. The molecule has 0 bridgehead atoms. The Morgan fingerprint density at radius 1 is 1.53 bits per heavy atom. The van der Waals surface area contributed by atoms with Crippen LogP contribution in [0.2, 0.25) is 0 Å². The molecule has 1 aromatic rings. The predicted molar refractivity (Wildman–Crippen MR) is 69.0 cm³/mol. The highest BCUT2D eigenvalue weighted by atomic mass is 16.4. The molecule has 0 aliphatic heterocycles. The van der Waals surface area contributed by atoms with Crippen molar-refractivity contribution in [2.75, 3.05) is 6.54 Å². The molecule has 0 amide bonds. The number of carbonyl (C=O) groups is 1. The maximum absolute atomic E-state index is 10.5. The molecule has 17 heavy (non-hydrogen) atoms. The molecule has 0 fully saturated rings. The van der Waals surface area contributed by atoms with E-state index in [4.69, 9.17) is 5.11 Å². The second kappa shape index (κ2) is 6.21. The maximum atomic E-state index is 10.5. The molecule has 2 N–H and O–H groups in total. The highest BCUT2D eigenvalue weighted by Crippen LogP contribution is 2.13. The molecule has 0 unspecified atom stereocenters. The van der Waals surface area contributed by atoms with Crippen LogP contribution in [-0.2, 0) is 4.79 Å². The molecule has 92 valence electrons. The Bertz CT molecular complexity index is 424. The fourth-order valence-electron chi connectivity index (χ4n) is 1.63. The molecule has 0 spiro atoms. The van der Waals surface area contributed by atoms with Gasteiger partial charge in [-0.05, 0) is 26.3 Å². The summed E-state index contributed by atoms with van der Waals surface area (Å²) in [7, 11) is 0. The van der Waals surface area contributed by atoms with E-state index in [1.165, 1.54) is 17.2 Å². The van der Waals surface area contributed by atoms with Crippen LogP contribution < -0.4 is 5.32 Å². The quantitative estimate of drug-likeness (QED) is 0.769. The van der Waals surface area contributed by atoms with Gasteiger partial charge in [0.15, 0.2) is 0 Å². The molecule has 0 aliphatic carbocycles. The highest BCUT2D eigenvalue weighted by Gasteiger charge is 2.04. The summed E-state index contributed by atoms with van der Waals surface area (Å²) in [6.45, 7) is 6.53. The third-order valence-corrected chi connectivity index (χ3v) is 2.60. The number of carboxylic acid groups (broad SMARTS) is 1. The van der Waals surface area contributed by atoms with Gasteiger partial charge in [0.05, 0.1) is 0 Å². The summed E-state index contributed by atoms with van der Waals surface area (Å²) in [4.78, 5) is 10.5. The van der Waals surface area contributed by atoms with Gasteiger partial charge in [0.1, 0.15) is 0 Å². The first-order valence-corrected chi connectivity index (χ1v) is 5.69. The highest BCUT2D eigenvalue weighted by molar-refractivity contribution is 5.80. The number of aryl methyl sites for hydroxylation is 1. The van der Waals surface area contributed by atoms with Gasteiger partial charge in [0.2, 0.25) is 0 Å². The summed E-state index contributed by atoms with van der Waals surface area (Å²) < 4.78 is 0. The van der Waals surface area contributed by atoms with Crippen molar-refractivity contribution in [1.29, 1.82) is 0 Å². The van der Waals surface area contributed by atoms with E-state index in [-0.39, 0.29) is 6.04 Å². The van der Waals surface area contributed by atoms with Crippen LogP contribution in [0.5, 0.6) is 0 Å². The van der Waals surface area contributed by atoms with Gasteiger partial charge in [-0.1, -0.05) is 35.4 Å². The van der Waals surface area contributed by atoms with E-state index in [2.05, 4.69) is 37.4 Å². The van der Waals surface area contributed by atoms with E-state index in [9.17, 15) is 4.79 Å². The number of carboxylic acids is 1. The van der Waals surface area contributed by atoms with Gasteiger partial charge in [-0.25, -0.2) is 4.79 Å². The summed E-state index contributed by atoms with van der Waals surface area (Å²) in [6, 6.07) is 8.51. The van der Waals surface area contributed by atoms with Gasteiger partial charge in [0, 0.05) is 18.7 Å². The first kappa shape index (κ1) is 13.5. The lowest BCUT2D eigenvalue weighted by molar-refractivity contribution is -0.131. The minimum absolute atomic E-state index is 0.215. The van der Waals surface area contributed by atoms with Gasteiger partial charge < -0.3 is 10.4 Å². The van der Waals surface area contributed by atoms with Gasteiger partial charge in [0.25, 0.3) is 0 Å². The minimum Gasteiger partial charge on any atom is -0.478 e. The third-order valence-electron chi connectivity index (χ3n) is 2.60. The number of nitrogens with one attached hydrogen (secondary N) is 1. The summed E-state index contributed by atoms with van der Waals surface area (Å²) in [5.74, 6) is -0.896. The van der Waals surface area contributed by atoms with Crippen molar-refractivity contribution in [1.82, 2.24) is 5.32 Å². The van der Waals surface area contributed by atoms with Crippen molar-refractivity contribution < 1.29 is 9.90 Å². The molecule has 3 heteroatoms. The van der Waals surface area contributed by atoms with Gasteiger partial charge in [-0.2, -0.15) is 0 Å². The first-order chi connectivity index (χ1) is 7.99.